The maximum atomic E-state index is 11.1. The molecule has 0 aliphatic heterocycles. The highest BCUT2D eigenvalue weighted by Gasteiger charge is 2.19. The van der Waals surface area contributed by atoms with Gasteiger partial charge >= 0.3 is 5.97 Å². The Morgan fingerprint density at radius 1 is 1.45 bits per heavy atom. The molecule has 1 aromatic carbocycles. The van der Waals surface area contributed by atoms with Crippen molar-refractivity contribution < 1.29 is 9.90 Å². The Morgan fingerprint density at radius 3 is 2.73 bits per heavy atom. The zero-order chi connectivity index (χ0) is 16.4. The summed E-state index contributed by atoms with van der Waals surface area (Å²) in [7, 11) is 1.81. The van der Waals surface area contributed by atoms with Gasteiger partial charge in [-0.3, -0.25) is 9.78 Å². The van der Waals surface area contributed by atoms with E-state index in [1.54, 1.807) is 13.1 Å². The molecule has 0 spiro atoms. The zero-order valence-corrected chi connectivity index (χ0v) is 13.2. The number of carbonyl (C=O) groups is 1. The Morgan fingerprint density at radius 2 is 2.14 bits per heavy atom. The molecule has 0 aliphatic rings. The van der Waals surface area contributed by atoms with Gasteiger partial charge in [0.15, 0.2) is 0 Å². The molecule has 1 unspecified atom stereocenters. The minimum atomic E-state index is -0.851. The first kappa shape index (κ1) is 15.8. The van der Waals surface area contributed by atoms with Crippen LogP contribution in [0.1, 0.15) is 23.6 Å². The molecule has 5 nitrogen and oxygen atoms in total. The molecule has 1 heterocycles. The van der Waals surface area contributed by atoms with Crippen molar-refractivity contribution in [3.63, 3.8) is 0 Å². The van der Waals surface area contributed by atoms with Crippen molar-refractivity contribution >= 4 is 22.6 Å². The van der Waals surface area contributed by atoms with Crippen molar-refractivity contribution in [1.82, 2.24) is 4.98 Å². The number of aromatic nitrogens is 1. The van der Waals surface area contributed by atoms with Crippen LogP contribution in [0, 0.1) is 31.1 Å². The molecule has 0 amide bonds. The van der Waals surface area contributed by atoms with Crippen molar-refractivity contribution in [3.8, 4) is 6.07 Å². The molecule has 0 radical (unpaired) electrons. The van der Waals surface area contributed by atoms with Crippen LogP contribution >= 0.6 is 0 Å². The van der Waals surface area contributed by atoms with E-state index in [-0.39, 0.29) is 0 Å². The summed E-state index contributed by atoms with van der Waals surface area (Å²) in [5.74, 6) is -1.37. The van der Waals surface area contributed by atoms with Crippen LogP contribution in [0.5, 0.6) is 0 Å². The van der Waals surface area contributed by atoms with Crippen molar-refractivity contribution in [1.29, 1.82) is 5.26 Å². The number of hydrogen-bond donors (Lipinski definition) is 1. The van der Waals surface area contributed by atoms with Crippen molar-refractivity contribution in [3.05, 3.63) is 35.0 Å². The summed E-state index contributed by atoms with van der Waals surface area (Å²) in [4.78, 5) is 17.3. The van der Waals surface area contributed by atoms with E-state index in [0.717, 1.165) is 27.7 Å². The Bertz CT molecular complexity index is 778. The number of pyridine rings is 1. The summed E-state index contributed by atoms with van der Waals surface area (Å²) in [6.07, 6.45) is 1.56. The monoisotopic (exact) mass is 297 g/mol. The van der Waals surface area contributed by atoms with Crippen LogP contribution in [0.2, 0.25) is 0 Å². The molecule has 114 valence electrons. The largest absolute Gasteiger partial charge is 0.481 e. The maximum Gasteiger partial charge on any atom is 0.308 e. The first-order valence-electron chi connectivity index (χ1n) is 7.09. The molecule has 2 aromatic rings. The van der Waals surface area contributed by atoms with E-state index in [2.05, 4.69) is 11.1 Å². The molecule has 0 saturated heterocycles. The topological polar surface area (TPSA) is 77.2 Å². The third kappa shape index (κ3) is 2.86. The first-order valence-corrected chi connectivity index (χ1v) is 7.09. The molecule has 0 aliphatic carbocycles. The number of benzene rings is 1. The number of fused-ring (bicyclic) bond motifs is 1. The molecule has 0 bridgehead atoms. The average Bonchev–Trinajstić information content (AvgIpc) is 2.45. The van der Waals surface area contributed by atoms with Crippen LogP contribution < -0.4 is 4.90 Å². The molecule has 0 fully saturated rings. The third-order valence-electron chi connectivity index (χ3n) is 3.75. The molecule has 1 atom stereocenters. The molecule has 2 rings (SSSR count). The second-order valence-corrected chi connectivity index (χ2v) is 5.73. The Balaban J connectivity index is 2.64. The lowest BCUT2D eigenvalue weighted by Crippen LogP contribution is -2.29. The first-order chi connectivity index (χ1) is 10.3. The number of carboxylic acid groups (broad SMARTS) is 1. The van der Waals surface area contributed by atoms with Gasteiger partial charge in [0.2, 0.25) is 0 Å². The maximum absolute atomic E-state index is 11.1. The summed E-state index contributed by atoms with van der Waals surface area (Å²) in [5.41, 5.74) is 4.17. The van der Waals surface area contributed by atoms with E-state index < -0.39 is 11.9 Å². The number of carboxylic acids is 1. The summed E-state index contributed by atoms with van der Waals surface area (Å²) in [6.45, 7) is 5.97. The molecule has 0 saturated carbocycles. The lowest BCUT2D eigenvalue weighted by atomic mass is 10.0. The van der Waals surface area contributed by atoms with E-state index in [9.17, 15) is 10.1 Å². The number of aliphatic carboxylic acids is 1. The number of nitrogens with zero attached hydrogens (tertiary/aromatic N) is 3. The van der Waals surface area contributed by atoms with Crippen LogP contribution in [0.3, 0.4) is 0 Å². The molecule has 1 aromatic heterocycles. The normalized spacial score (nSPS) is 12.0. The van der Waals surface area contributed by atoms with Gasteiger partial charge in [0.1, 0.15) is 6.07 Å². The number of hydrogen-bond acceptors (Lipinski definition) is 4. The van der Waals surface area contributed by atoms with Crippen LogP contribution in [0.15, 0.2) is 18.3 Å². The van der Waals surface area contributed by atoms with Crippen LogP contribution in [0.25, 0.3) is 10.9 Å². The van der Waals surface area contributed by atoms with Gasteiger partial charge in [-0.2, -0.15) is 5.26 Å². The molecule has 22 heavy (non-hydrogen) atoms. The quantitative estimate of drug-likeness (QED) is 0.939. The lowest BCUT2D eigenvalue weighted by molar-refractivity contribution is -0.140. The number of aryl methyl sites for hydroxylation is 2. The lowest BCUT2D eigenvalue weighted by Gasteiger charge is -2.24. The highest BCUT2D eigenvalue weighted by atomic mass is 16.4. The summed E-state index contributed by atoms with van der Waals surface area (Å²) in [5, 5.41) is 19.4. The second-order valence-electron chi connectivity index (χ2n) is 5.73. The van der Waals surface area contributed by atoms with Crippen molar-refractivity contribution in [2.24, 2.45) is 5.92 Å². The minimum absolute atomic E-state index is 0.329. The van der Waals surface area contributed by atoms with Crippen molar-refractivity contribution in [2.75, 3.05) is 18.5 Å². The van der Waals surface area contributed by atoms with Gasteiger partial charge in [-0.15, -0.1) is 0 Å². The van der Waals surface area contributed by atoms with Gasteiger partial charge in [-0.05, 0) is 25.5 Å². The van der Waals surface area contributed by atoms with E-state index >= 15 is 0 Å². The smallest absolute Gasteiger partial charge is 0.308 e. The van der Waals surface area contributed by atoms with Gasteiger partial charge in [0.25, 0.3) is 0 Å². The fraction of sp³-hybridized carbons (Fsp3) is 0.353. The highest BCUT2D eigenvalue weighted by Crippen LogP contribution is 2.31. The standard InChI is InChI=1S/C17H19N3O2/c1-10-5-11(2)15-14(6-10)16(13(7-18)8-19-15)20(4)9-12(3)17(21)22/h5-6,8,12H,9H2,1-4H3,(H,21,22). The van der Waals surface area contributed by atoms with Crippen molar-refractivity contribution in [2.45, 2.75) is 20.8 Å². The molecular formula is C17H19N3O2. The average molecular weight is 297 g/mol. The second kappa shape index (κ2) is 6.02. The summed E-state index contributed by atoms with van der Waals surface area (Å²) >= 11 is 0. The minimum Gasteiger partial charge on any atom is -0.481 e. The van der Waals surface area contributed by atoms with Crippen LogP contribution in [0.4, 0.5) is 5.69 Å². The fourth-order valence-electron chi connectivity index (χ4n) is 2.72. The molecule has 1 N–H and O–H groups in total. The van der Waals surface area contributed by atoms with E-state index in [4.69, 9.17) is 5.11 Å². The van der Waals surface area contributed by atoms with E-state index in [1.807, 2.05) is 37.9 Å². The van der Waals surface area contributed by atoms with Gasteiger partial charge in [-0.1, -0.05) is 18.6 Å². The van der Waals surface area contributed by atoms with Crippen LogP contribution in [-0.2, 0) is 4.79 Å². The van der Waals surface area contributed by atoms with Gasteiger partial charge < -0.3 is 10.0 Å². The van der Waals surface area contributed by atoms with Gasteiger partial charge in [0.05, 0.1) is 22.7 Å². The Kier molecular flexibility index (Phi) is 4.32. The highest BCUT2D eigenvalue weighted by molar-refractivity contribution is 5.96. The van der Waals surface area contributed by atoms with Gasteiger partial charge in [0, 0.05) is 25.2 Å². The summed E-state index contributed by atoms with van der Waals surface area (Å²) < 4.78 is 0. The van der Waals surface area contributed by atoms with E-state index in [0.29, 0.717) is 12.1 Å². The molecular weight excluding hydrogens is 278 g/mol. The number of anilines is 1. The Hall–Kier alpha value is -2.61. The molecule has 5 heteroatoms. The zero-order valence-electron chi connectivity index (χ0n) is 13.2. The fourth-order valence-corrected chi connectivity index (χ4v) is 2.72. The predicted octanol–water partition coefficient (Wildman–Crippen LogP) is 2.88. The SMILES string of the molecule is Cc1cc(C)c2ncc(C#N)c(N(C)CC(C)C(=O)O)c2c1. The summed E-state index contributed by atoms with van der Waals surface area (Å²) in [6, 6.07) is 6.20. The van der Waals surface area contributed by atoms with Crippen LogP contribution in [-0.4, -0.2) is 29.7 Å². The van der Waals surface area contributed by atoms with E-state index in [1.165, 1.54) is 0 Å². The number of nitriles is 1. The number of rotatable bonds is 4. The Labute approximate surface area is 129 Å². The third-order valence-corrected chi connectivity index (χ3v) is 3.75. The predicted molar refractivity (Wildman–Crippen MR) is 86.0 cm³/mol. The van der Waals surface area contributed by atoms with Gasteiger partial charge in [-0.25, -0.2) is 0 Å².